The van der Waals surface area contributed by atoms with Crippen molar-refractivity contribution in [3.8, 4) is 17.2 Å². The Hall–Kier alpha value is -4.33. The zero-order valence-electron chi connectivity index (χ0n) is 26.9. The van der Waals surface area contributed by atoms with Crippen LogP contribution in [0.15, 0.2) is 65.6 Å². The smallest absolute Gasteiger partial charge is 0.305 e. The van der Waals surface area contributed by atoms with E-state index in [1.54, 1.807) is 50.2 Å². The van der Waals surface area contributed by atoms with Crippen molar-refractivity contribution in [2.75, 3.05) is 46.3 Å². The van der Waals surface area contributed by atoms with Gasteiger partial charge in [0.1, 0.15) is 28.2 Å². The number of carbonyl (C=O) groups excluding carboxylic acids is 3. The van der Waals surface area contributed by atoms with Gasteiger partial charge in [0, 0.05) is 55.7 Å². The average molecular weight is 686 g/mol. The van der Waals surface area contributed by atoms with Crippen molar-refractivity contribution < 1.29 is 41.7 Å². The van der Waals surface area contributed by atoms with Gasteiger partial charge in [-0.25, -0.2) is 12.7 Å². The number of carbonyl (C=O) groups is 3. The van der Waals surface area contributed by atoms with Crippen LogP contribution in [-0.4, -0.2) is 90.1 Å². The number of amides is 2. The number of halogens is 1. The van der Waals surface area contributed by atoms with Crippen molar-refractivity contribution >= 4 is 45.1 Å². The number of benzene rings is 3. The number of para-hydroxylation sites is 1. The first-order chi connectivity index (χ1) is 22.4. The summed E-state index contributed by atoms with van der Waals surface area (Å²) >= 11 is 6.58. The predicted octanol–water partition coefficient (Wildman–Crippen LogP) is 3.83. The lowest BCUT2D eigenvalue weighted by molar-refractivity contribution is -0.148. The molecule has 12 nitrogen and oxygen atoms in total. The Morgan fingerprint density at radius 2 is 1.66 bits per heavy atom. The predicted molar refractivity (Wildman–Crippen MR) is 173 cm³/mol. The highest BCUT2D eigenvalue weighted by atomic mass is 35.5. The summed E-state index contributed by atoms with van der Waals surface area (Å²) in [6, 6.07) is 14.3. The molecule has 2 heterocycles. The second-order valence-electron chi connectivity index (χ2n) is 11.3. The maximum absolute atomic E-state index is 15.4. The van der Waals surface area contributed by atoms with Crippen LogP contribution in [0.2, 0.25) is 5.02 Å². The van der Waals surface area contributed by atoms with E-state index in [-0.39, 0.29) is 63.5 Å². The van der Waals surface area contributed by atoms with Gasteiger partial charge < -0.3 is 23.8 Å². The molecule has 3 aromatic carbocycles. The summed E-state index contributed by atoms with van der Waals surface area (Å²) in [7, 11) is 2.64. The molecule has 14 heteroatoms. The van der Waals surface area contributed by atoms with E-state index in [0.29, 0.717) is 5.75 Å². The Balaban J connectivity index is 1.85. The number of hydrogen-bond donors (Lipinski definition) is 0. The number of likely N-dealkylation sites (tertiary alicyclic amines) is 1. The highest BCUT2D eigenvalue weighted by Gasteiger charge is 2.64. The third kappa shape index (κ3) is 5.55. The summed E-state index contributed by atoms with van der Waals surface area (Å²) in [5.41, 5.74) is -1.49. The molecule has 0 N–H and O–H groups in total. The molecule has 3 atom stereocenters. The number of esters is 1. The van der Waals surface area contributed by atoms with Crippen LogP contribution in [0.25, 0.3) is 0 Å². The van der Waals surface area contributed by atoms with E-state index in [9.17, 15) is 18.0 Å². The monoisotopic (exact) mass is 685 g/mol. The third-order valence-corrected chi connectivity index (χ3v) is 10.4. The first-order valence-corrected chi connectivity index (χ1v) is 16.6. The second-order valence-corrected chi connectivity index (χ2v) is 13.5. The van der Waals surface area contributed by atoms with Gasteiger partial charge in [-0.2, -0.15) is 0 Å². The quantitative estimate of drug-likeness (QED) is 0.290. The number of nitrogens with zero attached hydrogens (tertiary/aromatic N) is 3. The molecule has 2 amide bonds. The molecule has 1 fully saturated rings. The van der Waals surface area contributed by atoms with E-state index in [2.05, 4.69) is 0 Å². The maximum Gasteiger partial charge on any atom is 0.305 e. The van der Waals surface area contributed by atoms with Crippen molar-refractivity contribution in [3.05, 3.63) is 76.8 Å². The molecule has 47 heavy (non-hydrogen) atoms. The van der Waals surface area contributed by atoms with Crippen molar-refractivity contribution in [2.45, 2.75) is 42.3 Å². The maximum atomic E-state index is 15.4. The van der Waals surface area contributed by atoms with Crippen LogP contribution >= 0.6 is 11.6 Å². The van der Waals surface area contributed by atoms with Crippen molar-refractivity contribution in [3.63, 3.8) is 0 Å². The number of sulfonamides is 1. The van der Waals surface area contributed by atoms with E-state index in [1.807, 2.05) is 0 Å². The molecule has 3 aromatic rings. The van der Waals surface area contributed by atoms with Crippen LogP contribution < -0.4 is 18.5 Å². The van der Waals surface area contributed by atoms with Gasteiger partial charge in [0.05, 0.1) is 33.1 Å². The first-order valence-electron chi connectivity index (χ1n) is 14.8. The Bertz CT molecular complexity index is 1830. The minimum absolute atomic E-state index is 0.0215. The molecule has 1 saturated heterocycles. The average Bonchev–Trinajstić information content (AvgIpc) is 3.59. The highest BCUT2D eigenvalue weighted by molar-refractivity contribution is 7.93. The van der Waals surface area contributed by atoms with Crippen molar-refractivity contribution in [2.24, 2.45) is 0 Å². The Morgan fingerprint density at radius 3 is 2.30 bits per heavy atom. The fraction of sp³-hybridized carbons (Fsp3) is 0.364. The van der Waals surface area contributed by atoms with Gasteiger partial charge in [0.2, 0.25) is 5.91 Å². The lowest BCUT2D eigenvalue weighted by Crippen LogP contribution is -2.59. The van der Waals surface area contributed by atoms with Gasteiger partial charge in [-0.15, -0.1) is 0 Å². The van der Waals surface area contributed by atoms with Crippen LogP contribution in [0.3, 0.4) is 0 Å². The van der Waals surface area contributed by atoms with Gasteiger partial charge in [0.25, 0.3) is 15.9 Å². The molecule has 0 radical (unpaired) electrons. The van der Waals surface area contributed by atoms with Gasteiger partial charge in [-0.05, 0) is 36.4 Å². The molecule has 0 spiro atoms. The standard InChI is InChI=1S/C33H36ClN3O9S/c1-7-30(38)46-22-17-26(31(39)35(2)3)36(19-22)33(23-10-8-9-11-27(23)44-5)24-16-20(34)12-14-25(24)37(32(33)40)47(41,42)29-15-13-21(43-4)18-28(29)45-6/h8-16,18,22,26H,7,17,19H2,1-6H3/t22-,26+,33+/m1/s1. The lowest BCUT2D eigenvalue weighted by Gasteiger charge is -2.42. The fourth-order valence-corrected chi connectivity index (χ4v) is 8.14. The summed E-state index contributed by atoms with van der Waals surface area (Å²) in [5, 5.41) is 0.223. The molecule has 2 aliphatic heterocycles. The normalized spacial score (nSPS) is 20.9. The van der Waals surface area contributed by atoms with Crippen LogP contribution in [0, 0.1) is 0 Å². The van der Waals surface area contributed by atoms with E-state index in [4.69, 9.17) is 30.5 Å². The van der Waals surface area contributed by atoms with Crippen LogP contribution in [0.4, 0.5) is 5.69 Å². The number of methoxy groups -OCH3 is 3. The zero-order valence-corrected chi connectivity index (χ0v) is 28.4. The first kappa shape index (κ1) is 34.0. The molecular weight excluding hydrogens is 650 g/mol. The third-order valence-electron chi connectivity index (χ3n) is 8.45. The van der Waals surface area contributed by atoms with E-state index in [1.165, 1.54) is 62.6 Å². The number of ether oxygens (including phenoxy) is 4. The Labute approximate surface area is 278 Å². The van der Waals surface area contributed by atoms with Gasteiger partial charge in [-0.1, -0.05) is 36.7 Å². The fourth-order valence-electron chi connectivity index (χ4n) is 6.36. The summed E-state index contributed by atoms with van der Waals surface area (Å²) < 4.78 is 52.3. The van der Waals surface area contributed by atoms with E-state index < -0.39 is 39.6 Å². The molecule has 5 rings (SSSR count). The Morgan fingerprint density at radius 1 is 0.957 bits per heavy atom. The van der Waals surface area contributed by atoms with Crippen molar-refractivity contribution in [1.82, 2.24) is 9.80 Å². The largest absolute Gasteiger partial charge is 0.497 e. The Kier molecular flexibility index (Phi) is 9.45. The minimum Gasteiger partial charge on any atom is -0.497 e. The molecular formula is C33H36ClN3O9S. The summed E-state index contributed by atoms with van der Waals surface area (Å²) in [5.74, 6) is -1.19. The van der Waals surface area contributed by atoms with Crippen LogP contribution in [-0.2, 0) is 34.7 Å². The van der Waals surface area contributed by atoms with Crippen molar-refractivity contribution in [1.29, 1.82) is 0 Å². The molecule has 0 unspecified atom stereocenters. The second kappa shape index (κ2) is 13.1. The molecule has 0 saturated carbocycles. The van der Waals surface area contributed by atoms with E-state index in [0.717, 1.165) is 4.31 Å². The van der Waals surface area contributed by atoms with Crippen LogP contribution in [0.5, 0.6) is 17.2 Å². The number of hydrogen-bond acceptors (Lipinski definition) is 10. The van der Waals surface area contributed by atoms with Crippen LogP contribution in [0.1, 0.15) is 30.9 Å². The minimum atomic E-state index is -4.69. The number of fused-ring (bicyclic) bond motifs is 1. The van der Waals surface area contributed by atoms with Gasteiger partial charge in [0.15, 0.2) is 5.54 Å². The summed E-state index contributed by atoms with van der Waals surface area (Å²) in [6.07, 6.45) is -0.624. The molecule has 0 aromatic heterocycles. The molecule has 250 valence electrons. The SMILES string of the molecule is CCC(=O)O[C@@H]1C[C@@H](C(=O)N(C)C)N([C@]2(c3ccccc3OC)C(=O)N(S(=O)(=O)c3ccc(OC)cc3OC)c3ccc(Cl)cc32)C1. The highest BCUT2D eigenvalue weighted by Crippen LogP contribution is 2.55. The number of likely N-dealkylation sites (N-methyl/N-ethyl adjacent to an activating group) is 1. The van der Waals surface area contributed by atoms with E-state index >= 15 is 4.79 Å². The molecule has 2 aliphatic rings. The number of rotatable bonds is 10. The van der Waals surface area contributed by atoms with Gasteiger partial charge in [-0.3, -0.25) is 19.3 Å². The van der Waals surface area contributed by atoms with Gasteiger partial charge >= 0.3 is 5.97 Å². The zero-order chi connectivity index (χ0) is 34.3. The molecule has 0 aliphatic carbocycles. The molecule has 0 bridgehead atoms. The lowest BCUT2D eigenvalue weighted by atomic mass is 9.80. The topological polar surface area (TPSA) is 132 Å². The summed E-state index contributed by atoms with van der Waals surface area (Å²) in [6.45, 7) is 1.58. The number of anilines is 1. The summed E-state index contributed by atoms with van der Waals surface area (Å²) in [4.78, 5) is 44.5.